The minimum Gasteiger partial charge on any atom is -0.354 e. The molecule has 3 N–H and O–H groups in total. The Morgan fingerprint density at radius 1 is 1.36 bits per heavy atom. The topological polar surface area (TPSA) is 96.0 Å². The quantitative estimate of drug-likeness (QED) is 0.718. The predicted octanol–water partition coefficient (Wildman–Crippen LogP) is 1.21. The zero-order valence-corrected chi connectivity index (χ0v) is 12.8. The number of rotatable bonds is 4. The summed E-state index contributed by atoms with van der Waals surface area (Å²) in [4.78, 5) is 31.6. The van der Waals surface area contributed by atoms with Crippen molar-refractivity contribution in [3.05, 3.63) is 22.9 Å². The van der Waals surface area contributed by atoms with Gasteiger partial charge in [-0.05, 0) is 55.8 Å². The van der Waals surface area contributed by atoms with Gasteiger partial charge in [0.05, 0.1) is 10.6 Å². The second-order valence-electron chi connectivity index (χ2n) is 5.23. The smallest absolute Gasteiger partial charge is 0.290 e. The van der Waals surface area contributed by atoms with Crippen LogP contribution >= 0.6 is 11.8 Å². The SMILES string of the molecule is O=C1NC(=O)/C(=C\c2ccnc(NCC3CCNCC3)n2)S1. The molecule has 2 amide bonds. The van der Waals surface area contributed by atoms with Crippen molar-refractivity contribution >= 4 is 34.9 Å². The van der Waals surface area contributed by atoms with Crippen molar-refractivity contribution in [1.29, 1.82) is 0 Å². The molecule has 2 fully saturated rings. The van der Waals surface area contributed by atoms with Crippen LogP contribution in [-0.4, -0.2) is 40.7 Å². The lowest BCUT2D eigenvalue weighted by Crippen LogP contribution is -2.31. The van der Waals surface area contributed by atoms with E-state index in [0.717, 1.165) is 44.2 Å². The predicted molar refractivity (Wildman–Crippen MR) is 85.2 cm³/mol. The minimum absolute atomic E-state index is 0.352. The first-order valence-corrected chi connectivity index (χ1v) is 8.05. The van der Waals surface area contributed by atoms with E-state index in [1.807, 2.05) is 0 Å². The van der Waals surface area contributed by atoms with Crippen LogP contribution in [-0.2, 0) is 4.79 Å². The van der Waals surface area contributed by atoms with Crippen LogP contribution in [0.15, 0.2) is 17.2 Å². The molecule has 2 aliphatic rings. The van der Waals surface area contributed by atoms with Crippen molar-refractivity contribution in [1.82, 2.24) is 20.6 Å². The normalized spacial score (nSPS) is 21.2. The molecule has 22 heavy (non-hydrogen) atoms. The third-order valence-corrected chi connectivity index (χ3v) is 4.42. The van der Waals surface area contributed by atoms with Gasteiger partial charge in [0.15, 0.2) is 0 Å². The van der Waals surface area contributed by atoms with Crippen LogP contribution in [0.4, 0.5) is 10.7 Å². The molecule has 0 bridgehead atoms. The van der Waals surface area contributed by atoms with Gasteiger partial charge >= 0.3 is 0 Å². The van der Waals surface area contributed by atoms with Crippen molar-refractivity contribution in [2.24, 2.45) is 5.92 Å². The molecule has 0 saturated carbocycles. The van der Waals surface area contributed by atoms with Gasteiger partial charge < -0.3 is 10.6 Å². The van der Waals surface area contributed by atoms with E-state index in [4.69, 9.17) is 0 Å². The number of imide groups is 1. The molecule has 0 unspecified atom stereocenters. The summed E-state index contributed by atoms with van der Waals surface area (Å²) in [6.45, 7) is 2.95. The van der Waals surface area contributed by atoms with E-state index in [1.165, 1.54) is 0 Å². The summed E-state index contributed by atoms with van der Waals surface area (Å²) < 4.78 is 0. The highest BCUT2D eigenvalue weighted by molar-refractivity contribution is 8.18. The van der Waals surface area contributed by atoms with Crippen LogP contribution in [0.5, 0.6) is 0 Å². The average molecular weight is 319 g/mol. The number of thioether (sulfide) groups is 1. The molecule has 1 aromatic heterocycles. The molecule has 0 radical (unpaired) electrons. The fourth-order valence-corrected chi connectivity index (χ4v) is 3.08. The van der Waals surface area contributed by atoms with Crippen LogP contribution in [0.2, 0.25) is 0 Å². The van der Waals surface area contributed by atoms with Gasteiger partial charge in [0.25, 0.3) is 11.1 Å². The van der Waals surface area contributed by atoms with Gasteiger partial charge in [-0.15, -0.1) is 0 Å². The van der Waals surface area contributed by atoms with Gasteiger partial charge in [0, 0.05) is 12.7 Å². The number of nitrogens with one attached hydrogen (secondary N) is 3. The van der Waals surface area contributed by atoms with E-state index in [2.05, 4.69) is 25.9 Å². The Bertz CT molecular complexity index is 613. The highest BCUT2D eigenvalue weighted by Gasteiger charge is 2.25. The third-order valence-electron chi connectivity index (χ3n) is 3.61. The Balaban J connectivity index is 1.63. The lowest BCUT2D eigenvalue weighted by Gasteiger charge is -2.22. The molecule has 7 nitrogen and oxygen atoms in total. The summed E-state index contributed by atoms with van der Waals surface area (Å²) >= 11 is 0.884. The monoisotopic (exact) mass is 319 g/mol. The maximum atomic E-state index is 11.5. The van der Waals surface area contributed by atoms with Crippen molar-refractivity contribution in [2.45, 2.75) is 12.8 Å². The summed E-state index contributed by atoms with van der Waals surface area (Å²) in [7, 11) is 0. The second-order valence-corrected chi connectivity index (χ2v) is 6.25. The standard InChI is InChI=1S/C14H17N5O2S/c20-12-11(22-14(21)19-12)7-10-3-6-16-13(18-10)17-8-9-1-4-15-5-2-9/h3,6-7,9,15H,1-2,4-5,8H2,(H,16,17,18)(H,19,20,21)/b11-7+. The zero-order chi connectivity index (χ0) is 15.4. The lowest BCUT2D eigenvalue weighted by molar-refractivity contribution is -0.115. The molecular weight excluding hydrogens is 302 g/mol. The highest BCUT2D eigenvalue weighted by Crippen LogP contribution is 2.25. The first-order chi connectivity index (χ1) is 10.7. The summed E-state index contributed by atoms with van der Waals surface area (Å²) in [6, 6.07) is 1.71. The largest absolute Gasteiger partial charge is 0.354 e. The number of hydrogen-bond acceptors (Lipinski definition) is 7. The average Bonchev–Trinajstić information content (AvgIpc) is 2.84. The summed E-state index contributed by atoms with van der Waals surface area (Å²) in [5.41, 5.74) is 0.607. The maximum Gasteiger partial charge on any atom is 0.290 e. The summed E-state index contributed by atoms with van der Waals surface area (Å²) in [6.07, 6.45) is 5.54. The molecular formula is C14H17N5O2S. The molecule has 1 aromatic rings. The molecule has 0 aromatic carbocycles. The molecule has 8 heteroatoms. The molecule has 116 valence electrons. The molecule has 2 aliphatic heterocycles. The van der Waals surface area contributed by atoms with E-state index in [0.29, 0.717) is 22.5 Å². The van der Waals surface area contributed by atoms with Gasteiger partial charge in [-0.1, -0.05) is 0 Å². The van der Waals surface area contributed by atoms with Crippen molar-refractivity contribution < 1.29 is 9.59 Å². The number of nitrogens with zero attached hydrogens (tertiary/aromatic N) is 2. The molecule has 3 rings (SSSR count). The highest BCUT2D eigenvalue weighted by atomic mass is 32.2. The number of anilines is 1. The second kappa shape index (κ2) is 6.89. The van der Waals surface area contributed by atoms with Gasteiger partial charge in [-0.3, -0.25) is 14.9 Å². The Morgan fingerprint density at radius 2 is 2.18 bits per heavy atom. The Labute approximate surface area is 132 Å². The van der Waals surface area contributed by atoms with Crippen molar-refractivity contribution in [2.75, 3.05) is 25.0 Å². The Kier molecular flexibility index (Phi) is 4.69. The van der Waals surface area contributed by atoms with E-state index in [1.54, 1.807) is 18.3 Å². The molecule has 0 aliphatic carbocycles. The van der Waals surface area contributed by atoms with E-state index in [9.17, 15) is 9.59 Å². The third kappa shape index (κ3) is 3.83. The van der Waals surface area contributed by atoms with E-state index >= 15 is 0 Å². The zero-order valence-electron chi connectivity index (χ0n) is 12.0. The fourth-order valence-electron chi connectivity index (χ4n) is 2.42. The number of carbonyl (C=O) groups is 2. The van der Waals surface area contributed by atoms with Crippen LogP contribution in [0, 0.1) is 5.92 Å². The van der Waals surface area contributed by atoms with E-state index < -0.39 is 0 Å². The molecule has 0 spiro atoms. The number of hydrogen-bond donors (Lipinski definition) is 3. The van der Waals surface area contributed by atoms with Gasteiger partial charge in [0.1, 0.15) is 0 Å². The van der Waals surface area contributed by atoms with E-state index in [-0.39, 0.29) is 11.1 Å². The van der Waals surface area contributed by atoms with Crippen LogP contribution in [0.1, 0.15) is 18.5 Å². The lowest BCUT2D eigenvalue weighted by atomic mass is 9.98. The fraction of sp³-hybridized carbons (Fsp3) is 0.429. The Hall–Kier alpha value is -1.93. The first-order valence-electron chi connectivity index (χ1n) is 7.23. The summed E-state index contributed by atoms with van der Waals surface area (Å²) in [5, 5.41) is 8.45. The van der Waals surface area contributed by atoms with Gasteiger partial charge in [-0.2, -0.15) is 0 Å². The molecule has 0 atom stereocenters. The number of carbonyl (C=O) groups excluding carboxylic acids is 2. The maximum absolute atomic E-state index is 11.5. The summed E-state index contributed by atoms with van der Waals surface area (Å²) in [5.74, 6) is 0.793. The van der Waals surface area contributed by atoms with Crippen LogP contribution in [0.25, 0.3) is 6.08 Å². The number of aromatic nitrogens is 2. The van der Waals surface area contributed by atoms with Gasteiger partial charge in [-0.25, -0.2) is 9.97 Å². The minimum atomic E-state index is -0.377. The Morgan fingerprint density at radius 3 is 2.91 bits per heavy atom. The van der Waals surface area contributed by atoms with Crippen LogP contribution in [0.3, 0.4) is 0 Å². The van der Waals surface area contributed by atoms with Gasteiger partial charge in [0.2, 0.25) is 5.95 Å². The molecule has 3 heterocycles. The first kappa shape index (κ1) is 15.0. The number of amides is 2. The van der Waals surface area contributed by atoms with Crippen molar-refractivity contribution in [3.8, 4) is 0 Å². The number of piperidine rings is 1. The van der Waals surface area contributed by atoms with Crippen LogP contribution < -0.4 is 16.0 Å². The molecule has 2 saturated heterocycles. The van der Waals surface area contributed by atoms with Crippen molar-refractivity contribution in [3.63, 3.8) is 0 Å².